The lowest BCUT2D eigenvalue weighted by Crippen LogP contribution is -2.20. The number of carbonyl (C=O) groups is 1. The molecule has 0 fully saturated rings. The van der Waals surface area contributed by atoms with Crippen LogP contribution in [0.4, 0.5) is 4.79 Å². The molecule has 1 amide bonds. The van der Waals surface area contributed by atoms with Crippen LogP contribution in [0.15, 0.2) is 36.5 Å². The second-order valence-corrected chi connectivity index (χ2v) is 5.32. The van der Waals surface area contributed by atoms with Crippen LogP contribution in [0, 0.1) is 0 Å². The van der Waals surface area contributed by atoms with Crippen molar-refractivity contribution in [3.8, 4) is 17.0 Å². The fourth-order valence-electron chi connectivity index (χ4n) is 2.91. The van der Waals surface area contributed by atoms with Gasteiger partial charge >= 0.3 is 6.09 Å². The van der Waals surface area contributed by atoms with Gasteiger partial charge in [-0.25, -0.2) is 9.78 Å². The minimum atomic E-state index is -0.721. The van der Waals surface area contributed by atoms with Crippen molar-refractivity contribution < 1.29 is 14.3 Å². The lowest BCUT2D eigenvalue weighted by atomic mass is 9.87. The average molecular weight is 298 g/mol. The maximum atomic E-state index is 11.0. The van der Waals surface area contributed by atoms with E-state index in [1.807, 2.05) is 24.3 Å². The zero-order chi connectivity index (χ0) is 15.5. The summed E-state index contributed by atoms with van der Waals surface area (Å²) < 4.78 is 10.4. The number of amides is 1. The van der Waals surface area contributed by atoms with Gasteiger partial charge in [0, 0.05) is 12.3 Å². The first kappa shape index (κ1) is 14.4. The number of aryl methyl sites for hydroxylation is 1. The van der Waals surface area contributed by atoms with Gasteiger partial charge in [-0.15, -0.1) is 0 Å². The van der Waals surface area contributed by atoms with Crippen LogP contribution in [0.5, 0.6) is 5.88 Å². The fraction of sp³-hybridized carbons (Fsp3) is 0.294. The first-order chi connectivity index (χ1) is 10.7. The van der Waals surface area contributed by atoms with E-state index in [-0.39, 0.29) is 6.10 Å². The molecule has 0 saturated heterocycles. The van der Waals surface area contributed by atoms with E-state index in [0.29, 0.717) is 5.88 Å². The number of methoxy groups -OCH3 is 1. The van der Waals surface area contributed by atoms with Gasteiger partial charge in [0.1, 0.15) is 6.10 Å². The number of nitrogens with zero attached hydrogens (tertiary/aromatic N) is 1. The number of nitrogens with two attached hydrogens (primary N) is 1. The number of carbonyl (C=O) groups excluding carboxylic acids is 1. The van der Waals surface area contributed by atoms with Gasteiger partial charge < -0.3 is 15.2 Å². The molecule has 114 valence electrons. The van der Waals surface area contributed by atoms with E-state index in [9.17, 15) is 4.79 Å². The topological polar surface area (TPSA) is 74.4 Å². The third-order valence-electron chi connectivity index (χ3n) is 3.94. The van der Waals surface area contributed by atoms with Crippen molar-refractivity contribution in [3.05, 3.63) is 47.7 Å². The minimum absolute atomic E-state index is 0.234. The molecule has 1 heterocycles. The number of ether oxygens (including phenoxy) is 2. The highest BCUT2D eigenvalue weighted by molar-refractivity contribution is 5.67. The summed E-state index contributed by atoms with van der Waals surface area (Å²) in [6.07, 6.45) is 3.55. The summed E-state index contributed by atoms with van der Waals surface area (Å²) in [6, 6.07) is 10.0. The van der Waals surface area contributed by atoms with Crippen molar-refractivity contribution in [2.24, 2.45) is 5.73 Å². The molecule has 1 aliphatic carbocycles. The molecule has 0 spiro atoms. The number of pyridine rings is 1. The second-order valence-electron chi connectivity index (χ2n) is 5.32. The van der Waals surface area contributed by atoms with E-state index in [2.05, 4.69) is 11.1 Å². The first-order valence-electron chi connectivity index (χ1n) is 7.26. The summed E-state index contributed by atoms with van der Waals surface area (Å²) in [7, 11) is 1.60. The van der Waals surface area contributed by atoms with Crippen molar-refractivity contribution >= 4 is 6.09 Å². The summed E-state index contributed by atoms with van der Waals surface area (Å²) >= 11 is 0. The number of hydrogen-bond acceptors (Lipinski definition) is 4. The summed E-state index contributed by atoms with van der Waals surface area (Å²) in [6.45, 7) is 0. The van der Waals surface area contributed by atoms with E-state index in [1.54, 1.807) is 13.3 Å². The molecule has 0 saturated carbocycles. The zero-order valence-electron chi connectivity index (χ0n) is 12.4. The minimum Gasteiger partial charge on any atom is -0.481 e. The predicted molar refractivity (Wildman–Crippen MR) is 82.6 cm³/mol. The van der Waals surface area contributed by atoms with Crippen molar-refractivity contribution in [3.63, 3.8) is 0 Å². The SMILES string of the molecule is COc1cc(-c2ccc3c(c2)CCCC3OC(N)=O)ccn1. The van der Waals surface area contributed by atoms with Crippen molar-refractivity contribution in [1.82, 2.24) is 4.98 Å². The summed E-state index contributed by atoms with van der Waals surface area (Å²) in [5.74, 6) is 0.588. The van der Waals surface area contributed by atoms with Gasteiger partial charge in [0.25, 0.3) is 0 Å². The van der Waals surface area contributed by atoms with Crippen LogP contribution in [0.1, 0.15) is 30.1 Å². The molecule has 1 aromatic heterocycles. The van der Waals surface area contributed by atoms with Crippen LogP contribution in [-0.4, -0.2) is 18.2 Å². The smallest absolute Gasteiger partial charge is 0.405 e. The lowest BCUT2D eigenvalue weighted by Gasteiger charge is -2.25. The Kier molecular flexibility index (Phi) is 3.96. The molecule has 1 unspecified atom stereocenters. The first-order valence-corrected chi connectivity index (χ1v) is 7.26. The van der Waals surface area contributed by atoms with Crippen LogP contribution < -0.4 is 10.5 Å². The van der Waals surface area contributed by atoms with Crippen LogP contribution in [0.25, 0.3) is 11.1 Å². The molecule has 5 nitrogen and oxygen atoms in total. The second kappa shape index (κ2) is 6.05. The molecule has 22 heavy (non-hydrogen) atoms. The lowest BCUT2D eigenvalue weighted by molar-refractivity contribution is 0.0959. The van der Waals surface area contributed by atoms with Crippen LogP contribution in [-0.2, 0) is 11.2 Å². The van der Waals surface area contributed by atoms with Crippen LogP contribution in [0.3, 0.4) is 0 Å². The Balaban J connectivity index is 1.94. The molecule has 0 aliphatic heterocycles. The third kappa shape index (κ3) is 2.88. The van der Waals surface area contributed by atoms with Gasteiger partial charge in [0.2, 0.25) is 5.88 Å². The Bertz CT molecular complexity index is 700. The molecule has 1 aromatic carbocycles. The molecule has 5 heteroatoms. The van der Waals surface area contributed by atoms with Crippen molar-refractivity contribution in [1.29, 1.82) is 0 Å². The Labute approximate surface area is 129 Å². The van der Waals surface area contributed by atoms with E-state index in [0.717, 1.165) is 36.0 Å². The third-order valence-corrected chi connectivity index (χ3v) is 3.94. The average Bonchev–Trinajstić information content (AvgIpc) is 2.54. The molecular weight excluding hydrogens is 280 g/mol. The predicted octanol–water partition coefficient (Wildman–Crippen LogP) is 3.23. The zero-order valence-corrected chi connectivity index (χ0v) is 12.4. The number of aromatic nitrogens is 1. The Morgan fingerprint density at radius 1 is 1.27 bits per heavy atom. The maximum absolute atomic E-state index is 11.0. The number of primary amides is 1. The van der Waals surface area contributed by atoms with Gasteiger partial charge in [-0.1, -0.05) is 18.2 Å². The highest BCUT2D eigenvalue weighted by atomic mass is 16.6. The van der Waals surface area contributed by atoms with Crippen molar-refractivity contribution in [2.45, 2.75) is 25.4 Å². The summed E-state index contributed by atoms with van der Waals surface area (Å²) in [4.78, 5) is 15.1. The highest BCUT2D eigenvalue weighted by Crippen LogP contribution is 2.35. The van der Waals surface area contributed by atoms with Gasteiger partial charge in [0.05, 0.1) is 7.11 Å². The summed E-state index contributed by atoms with van der Waals surface area (Å²) in [5.41, 5.74) is 9.55. The number of benzene rings is 1. The molecular formula is C17H18N2O3. The molecule has 2 aromatic rings. The Morgan fingerprint density at radius 2 is 2.09 bits per heavy atom. The number of hydrogen-bond donors (Lipinski definition) is 1. The monoisotopic (exact) mass is 298 g/mol. The Hall–Kier alpha value is -2.56. The summed E-state index contributed by atoms with van der Waals surface area (Å²) in [5, 5.41) is 0. The van der Waals surface area contributed by atoms with Gasteiger partial charge in [-0.2, -0.15) is 0 Å². The van der Waals surface area contributed by atoms with E-state index in [1.165, 1.54) is 5.56 Å². The number of fused-ring (bicyclic) bond motifs is 1. The van der Waals surface area contributed by atoms with Crippen LogP contribution in [0.2, 0.25) is 0 Å². The maximum Gasteiger partial charge on any atom is 0.405 e. The van der Waals surface area contributed by atoms with Crippen LogP contribution >= 0.6 is 0 Å². The Morgan fingerprint density at radius 3 is 2.86 bits per heavy atom. The van der Waals surface area contributed by atoms with E-state index in [4.69, 9.17) is 15.2 Å². The number of rotatable bonds is 3. The highest BCUT2D eigenvalue weighted by Gasteiger charge is 2.23. The molecule has 3 rings (SSSR count). The molecule has 0 bridgehead atoms. The molecule has 0 radical (unpaired) electrons. The van der Waals surface area contributed by atoms with Gasteiger partial charge in [0.15, 0.2) is 0 Å². The van der Waals surface area contributed by atoms with Gasteiger partial charge in [-0.05, 0) is 47.6 Å². The van der Waals surface area contributed by atoms with Crippen molar-refractivity contribution in [2.75, 3.05) is 7.11 Å². The normalized spacial score (nSPS) is 16.7. The fourth-order valence-corrected chi connectivity index (χ4v) is 2.91. The molecule has 1 atom stereocenters. The quantitative estimate of drug-likeness (QED) is 0.944. The molecule has 1 aliphatic rings. The van der Waals surface area contributed by atoms with E-state index < -0.39 is 6.09 Å². The van der Waals surface area contributed by atoms with E-state index >= 15 is 0 Å². The molecule has 2 N–H and O–H groups in total. The van der Waals surface area contributed by atoms with Gasteiger partial charge in [-0.3, -0.25) is 0 Å². The standard InChI is InChI=1S/C17H18N2O3/c1-21-16-10-12(7-8-19-16)11-5-6-14-13(9-11)3-2-4-15(14)22-17(18)20/h5-10,15H,2-4H2,1H3,(H2,18,20). The largest absolute Gasteiger partial charge is 0.481 e.